The van der Waals surface area contributed by atoms with Crippen molar-refractivity contribution in [3.05, 3.63) is 29.7 Å². The monoisotopic (exact) mass is 348 g/mol. The molecule has 1 aliphatic rings. The number of hydrogen-bond donors (Lipinski definition) is 2. The van der Waals surface area contributed by atoms with Crippen LogP contribution in [0.15, 0.2) is 27.9 Å². The molecule has 0 aromatic carbocycles. The Kier molecular flexibility index (Phi) is 3.32. The first-order chi connectivity index (χ1) is 11.5. The minimum Gasteiger partial charge on any atom is -0.336 e. The van der Waals surface area contributed by atoms with E-state index in [4.69, 9.17) is 10.3 Å². The van der Waals surface area contributed by atoms with E-state index < -0.39 is 10.0 Å². The minimum absolute atomic E-state index is 0.0456. The Labute approximate surface area is 137 Å². The van der Waals surface area contributed by atoms with Crippen molar-refractivity contribution in [2.75, 3.05) is 4.72 Å². The molecule has 3 aromatic rings. The molecule has 1 fully saturated rings. The predicted octanol–water partition coefficient (Wildman–Crippen LogP) is 1.09. The Morgan fingerprint density at radius 1 is 1.42 bits per heavy atom. The summed E-state index contributed by atoms with van der Waals surface area (Å²) in [5, 5.41) is 8.68. The smallest absolute Gasteiger partial charge is 0.264 e. The fraction of sp³-hybridized carbons (Fsp3) is 0.357. The van der Waals surface area contributed by atoms with Crippen LogP contribution < -0.4 is 10.5 Å². The highest BCUT2D eigenvalue weighted by atomic mass is 32.2. The van der Waals surface area contributed by atoms with Gasteiger partial charge in [0.05, 0.1) is 23.5 Å². The highest BCUT2D eigenvalue weighted by molar-refractivity contribution is 7.92. The van der Waals surface area contributed by atoms with Gasteiger partial charge in [-0.2, -0.15) is 5.10 Å². The summed E-state index contributed by atoms with van der Waals surface area (Å²) in [6.45, 7) is 0.181. The first-order valence-corrected chi connectivity index (χ1v) is 8.97. The van der Waals surface area contributed by atoms with Crippen molar-refractivity contribution in [3.63, 3.8) is 0 Å². The van der Waals surface area contributed by atoms with Gasteiger partial charge < -0.3 is 10.3 Å². The van der Waals surface area contributed by atoms with E-state index in [0.29, 0.717) is 28.4 Å². The first kappa shape index (κ1) is 15.1. The normalized spacial score (nSPS) is 15.1. The lowest BCUT2D eigenvalue weighted by Crippen LogP contribution is -2.17. The molecule has 0 atom stereocenters. The van der Waals surface area contributed by atoms with E-state index in [9.17, 15) is 8.42 Å². The number of aromatic nitrogens is 4. The minimum atomic E-state index is -3.83. The second kappa shape index (κ2) is 5.28. The number of fused-ring (bicyclic) bond motifs is 1. The second-order valence-corrected chi connectivity index (χ2v) is 7.50. The third kappa shape index (κ3) is 2.43. The standard InChI is InChI=1S/C14H16N6O3S/c1-20-13(9(5-15)6-17-20)19-24(21,22)10-4-11-12(8-2-3-8)18-23-14(11)16-7-10/h4,6-8,19H,2-3,5,15H2,1H3. The summed E-state index contributed by atoms with van der Waals surface area (Å²) < 4.78 is 34.5. The van der Waals surface area contributed by atoms with E-state index in [-0.39, 0.29) is 11.4 Å². The summed E-state index contributed by atoms with van der Waals surface area (Å²) in [4.78, 5) is 4.12. The maximum absolute atomic E-state index is 12.7. The Hall–Kier alpha value is -2.46. The summed E-state index contributed by atoms with van der Waals surface area (Å²) in [6, 6.07) is 1.55. The number of hydrogen-bond acceptors (Lipinski definition) is 7. The van der Waals surface area contributed by atoms with Gasteiger partial charge in [0.25, 0.3) is 15.7 Å². The molecule has 10 heteroatoms. The number of anilines is 1. The molecule has 0 bridgehead atoms. The lowest BCUT2D eigenvalue weighted by Gasteiger charge is -2.09. The van der Waals surface area contributed by atoms with Gasteiger partial charge in [-0.1, -0.05) is 5.16 Å². The molecule has 4 rings (SSSR count). The fourth-order valence-electron chi connectivity index (χ4n) is 2.58. The van der Waals surface area contributed by atoms with Crippen molar-refractivity contribution in [1.29, 1.82) is 0 Å². The molecule has 0 aliphatic heterocycles. The predicted molar refractivity (Wildman–Crippen MR) is 85.7 cm³/mol. The molecule has 3 N–H and O–H groups in total. The Bertz CT molecular complexity index is 1020. The molecule has 9 nitrogen and oxygen atoms in total. The van der Waals surface area contributed by atoms with E-state index in [2.05, 4.69) is 20.0 Å². The van der Waals surface area contributed by atoms with Gasteiger partial charge in [-0.05, 0) is 18.9 Å². The van der Waals surface area contributed by atoms with Crippen LogP contribution in [0.4, 0.5) is 5.82 Å². The van der Waals surface area contributed by atoms with Gasteiger partial charge in [-0.25, -0.2) is 13.4 Å². The number of pyridine rings is 1. The number of nitrogens with two attached hydrogens (primary N) is 1. The van der Waals surface area contributed by atoms with Crippen LogP contribution in [0.25, 0.3) is 11.1 Å². The molecule has 0 saturated heterocycles. The van der Waals surface area contributed by atoms with Gasteiger partial charge in [0.1, 0.15) is 10.7 Å². The van der Waals surface area contributed by atoms with Crippen LogP contribution in [0.1, 0.15) is 30.0 Å². The van der Waals surface area contributed by atoms with Crippen molar-refractivity contribution in [2.45, 2.75) is 30.2 Å². The Balaban J connectivity index is 1.75. The summed E-state index contributed by atoms with van der Waals surface area (Å²) in [7, 11) is -2.19. The van der Waals surface area contributed by atoms with Crippen LogP contribution in [-0.4, -0.2) is 28.3 Å². The molecule has 24 heavy (non-hydrogen) atoms. The SMILES string of the molecule is Cn1ncc(CN)c1NS(=O)(=O)c1cnc2onc(C3CC3)c2c1. The average molecular weight is 348 g/mol. The maximum atomic E-state index is 12.7. The quantitative estimate of drug-likeness (QED) is 0.706. The van der Waals surface area contributed by atoms with Crippen LogP contribution in [0, 0.1) is 0 Å². The van der Waals surface area contributed by atoms with Crippen LogP contribution in [0.3, 0.4) is 0 Å². The van der Waals surface area contributed by atoms with Gasteiger partial charge >= 0.3 is 0 Å². The van der Waals surface area contributed by atoms with Gasteiger partial charge in [0.2, 0.25) is 0 Å². The van der Waals surface area contributed by atoms with Gasteiger partial charge in [-0.3, -0.25) is 9.40 Å². The topological polar surface area (TPSA) is 129 Å². The van der Waals surface area contributed by atoms with E-state index in [1.807, 2.05) is 0 Å². The van der Waals surface area contributed by atoms with Gasteiger partial charge in [0.15, 0.2) is 0 Å². The van der Waals surface area contributed by atoms with Crippen molar-refractivity contribution < 1.29 is 12.9 Å². The number of sulfonamides is 1. The van der Waals surface area contributed by atoms with Crippen molar-refractivity contribution in [1.82, 2.24) is 19.9 Å². The van der Waals surface area contributed by atoms with E-state index >= 15 is 0 Å². The molecule has 0 unspecified atom stereocenters. The third-order valence-electron chi connectivity index (χ3n) is 4.07. The highest BCUT2D eigenvalue weighted by Gasteiger charge is 2.30. The van der Waals surface area contributed by atoms with Crippen LogP contribution in [-0.2, 0) is 23.6 Å². The van der Waals surface area contributed by atoms with E-state index in [1.165, 1.54) is 17.1 Å². The zero-order chi connectivity index (χ0) is 16.9. The summed E-state index contributed by atoms with van der Waals surface area (Å²) in [6.07, 6.45) is 4.85. The van der Waals surface area contributed by atoms with Gasteiger partial charge in [0, 0.05) is 25.1 Å². The molecule has 0 spiro atoms. The van der Waals surface area contributed by atoms with E-state index in [1.54, 1.807) is 13.1 Å². The van der Waals surface area contributed by atoms with Crippen LogP contribution >= 0.6 is 0 Å². The lowest BCUT2D eigenvalue weighted by molar-refractivity contribution is 0.439. The Morgan fingerprint density at radius 2 is 2.21 bits per heavy atom. The average Bonchev–Trinajstić information content (AvgIpc) is 3.23. The molecule has 3 heterocycles. The van der Waals surface area contributed by atoms with Crippen molar-refractivity contribution in [3.8, 4) is 0 Å². The van der Waals surface area contributed by atoms with Crippen LogP contribution in [0.5, 0.6) is 0 Å². The number of nitrogens with one attached hydrogen (secondary N) is 1. The molecule has 126 valence electrons. The van der Waals surface area contributed by atoms with E-state index in [0.717, 1.165) is 18.5 Å². The summed E-state index contributed by atoms with van der Waals surface area (Å²) in [5.74, 6) is 0.671. The summed E-state index contributed by atoms with van der Waals surface area (Å²) >= 11 is 0. The molecule has 1 saturated carbocycles. The molecule has 0 amide bonds. The second-order valence-electron chi connectivity index (χ2n) is 5.82. The largest absolute Gasteiger partial charge is 0.336 e. The zero-order valence-electron chi connectivity index (χ0n) is 12.9. The van der Waals surface area contributed by atoms with Gasteiger partial charge in [-0.15, -0.1) is 0 Å². The van der Waals surface area contributed by atoms with Crippen molar-refractivity contribution >= 4 is 26.9 Å². The molecular weight excluding hydrogens is 332 g/mol. The lowest BCUT2D eigenvalue weighted by atomic mass is 10.2. The molecule has 0 radical (unpaired) electrons. The van der Waals surface area contributed by atoms with Crippen LogP contribution in [0.2, 0.25) is 0 Å². The number of rotatable bonds is 5. The number of nitrogens with zero attached hydrogens (tertiary/aromatic N) is 4. The number of aryl methyl sites for hydroxylation is 1. The zero-order valence-corrected chi connectivity index (χ0v) is 13.7. The van der Waals surface area contributed by atoms with Crippen molar-refractivity contribution in [2.24, 2.45) is 12.8 Å². The molecule has 1 aliphatic carbocycles. The summed E-state index contributed by atoms with van der Waals surface area (Å²) in [5.41, 5.74) is 7.35. The fourth-order valence-corrected chi connectivity index (χ4v) is 3.68. The highest BCUT2D eigenvalue weighted by Crippen LogP contribution is 2.42. The molecular formula is C14H16N6O3S. The maximum Gasteiger partial charge on any atom is 0.264 e. The third-order valence-corrected chi connectivity index (χ3v) is 5.38. The Morgan fingerprint density at radius 3 is 2.92 bits per heavy atom. The first-order valence-electron chi connectivity index (χ1n) is 7.48. The molecule has 3 aromatic heterocycles.